The van der Waals surface area contributed by atoms with Crippen LogP contribution in [0.25, 0.3) is 0 Å². The minimum atomic E-state index is -0.784. The van der Waals surface area contributed by atoms with Crippen molar-refractivity contribution in [3.05, 3.63) is 60.8 Å². The van der Waals surface area contributed by atoms with Gasteiger partial charge >= 0.3 is 17.9 Å². The second-order valence-electron chi connectivity index (χ2n) is 18.1. The van der Waals surface area contributed by atoms with E-state index in [0.717, 1.165) is 109 Å². The van der Waals surface area contributed by atoms with E-state index in [1.165, 1.54) is 122 Å². The van der Waals surface area contributed by atoms with Crippen LogP contribution in [0, 0.1) is 0 Å². The first-order valence-corrected chi connectivity index (χ1v) is 27.3. The molecule has 0 saturated carbocycles. The maximum atomic E-state index is 12.8. The summed E-state index contributed by atoms with van der Waals surface area (Å²) >= 11 is 0. The number of allylic oxidation sites excluding steroid dienone is 10. The van der Waals surface area contributed by atoms with Gasteiger partial charge in [0.25, 0.3) is 0 Å². The van der Waals surface area contributed by atoms with Crippen molar-refractivity contribution in [1.82, 2.24) is 0 Å². The van der Waals surface area contributed by atoms with E-state index < -0.39 is 6.10 Å². The van der Waals surface area contributed by atoms with Crippen LogP contribution in [0.5, 0.6) is 0 Å². The van der Waals surface area contributed by atoms with Crippen molar-refractivity contribution in [3.8, 4) is 0 Å². The van der Waals surface area contributed by atoms with Crippen LogP contribution < -0.4 is 0 Å². The number of hydrogen-bond acceptors (Lipinski definition) is 6. The molecule has 0 unspecified atom stereocenters. The van der Waals surface area contributed by atoms with Gasteiger partial charge in [-0.2, -0.15) is 0 Å². The Morgan fingerprint density at radius 1 is 0.328 bits per heavy atom. The molecule has 0 radical (unpaired) electrons. The zero-order valence-electron chi connectivity index (χ0n) is 42.3. The van der Waals surface area contributed by atoms with Gasteiger partial charge in [-0.15, -0.1) is 0 Å². The van der Waals surface area contributed by atoms with Crippen molar-refractivity contribution in [3.63, 3.8) is 0 Å². The first-order valence-electron chi connectivity index (χ1n) is 27.3. The average molecular weight is 895 g/mol. The zero-order valence-corrected chi connectivity index (χ0v) is 42.3. The molecule has 0 spiro atoms. The number of unbranched alkanes of at least 4 members (excludes halogenated alkanes) is 28. The lowest BCUT2D eigenvalue weighted by molar-refractivity contribution is -0.167. The van der Waals surface area contributed by atoms with Gasteiger partial charge in [-0.3, -0.25) is 14.4 Å². The summed E-state index contributed by atoms with van der Waals surface area (Å²) in [6.07, 6.45) is 64.8. The monoisotopic (exact) mass is 895 g/mol. The SMILES string of the molecule is CC/C=C/C/C=C/C/C=C/CCCCCCCC(=O)O[C@@H](COC(=O)CCCCCCCCC/C=C/C/C=C/CCCCC)COC(=O)CCCCCCCCCCCCCCCC. The normalized spacial score (nSPS) is 12.5. The van der Waals surface area contributed by atoms with Crippen LogP contribution in [0.15, 0.2) is 60.8 Å². The Kier molecular flexibility index (Phi) is 50.4. The van der Waals surface area contributed by atoms with E-state index in [-0.39, 0.29) is 31.1 Å². The molecule has 6 heteroatoms. The topological polar surface area (TPSA) is 78.9 Å². The molecule has 6 nitrogen and oxygen atoms in total. The summed E-state index contributed by atoms with van der Waals surface area (Å²) in [4.78, 5) is 38.1. The number of hydrogen-bond donors (Lipinski definition) is 0. The standard InChI is InChI=1S/C58H102O6/c1-4-7-10-13-16-19-22-25-28-29-31-33-36-39-42-45-48-51-57(60)63-54-55(53-62-56(59)50-47-44-41-38-35-32-27-24-21-18-15-12-9-6-3)64-58(61)52-49-46-43-40-37-34-30-26-23-20-17-14-11-8-5-2/h8,11,16-17,19-20,25-26,28,30,55H,4-7,9-10,12-15,18,21-24,27,29,31-54H2,1-3H3/b11-8+,19-16+,20-17+,28-25+,30-26+/t55-/m1/s1. The molecule has 0 fully saturated rings. The van der Waals surface area contributed by atoms with Gasteiger partial charge in [0.15, 0.2) is 6.10 Å². The summed E-state index contributed by atoms with van der Waals surface area (Å²) in [6, 6.07) is 0. The predicted octanol–water partition coefficient (Wildman–Crippen LogP) is 18.0. The molecule has 0 amide bonds. The lowest BCUT2D eigenvalue weighted by Gasteiger charge is -2.18. The van der Waals surface area contributed by atoms with E-state index in [1.807, 2.05) is 0 Å². The van der Waals surface area contributed by atoms with E-state index >= 15 is 0 Å². The Hall–Kier alpha value is -2.89. The van der Waals surface area contributed by atoms with Crippen molar-refractivity contribution in [2.24, 2.45) is 0 Å². The summed E-state index contributed by atoms with van der Waals surface area (Å²) in [7, 11) is 0. The Morgan fingerprint density at radius 3 is 0.984 bits per heavy atom. The van der Waals surface area contributed by atoms with E-state index in [0.29, 0.717) is 19.3 Å². The van der Waals surface area contributed by atoms with Gasteiger partial charge in [0.05, 0.1) is 0 Å². The van der Waals surface area contributed by atoms with Crippen LogP contribution in [0.2, 0.25) is 0 Å². The van der Waals surface area contributed by atoms with Gasteiger partial charge in [-0.25, -0.2) is 0 Å². The summed E-state index contributed by atoms with van der Waals surface area (Å²) in [5, 5.41) is 0. The highest BCUT2D eigenvalue weighted by Gasteiger charge is 2.19. The number of rotatable bonds is 49. The maximum absolute atomic E-state index is 12.8. The van der Waals surface area contributed by atoms with Crippen LogP contribution >= 0.6 is 0 Å². The Balaban J connectivity index is 4.40. The van der Waals surface area contributed by atoms with Gasteiger partial charge in [0, 0.05) is 19.3 Å². The molecule has 0 N–H and O–H groups in total. The lowest BCUT2D eigenvalue weighted by atomic mass is 10.0. The van der Waals surface area contributed by atoms with Gasteiger partial charge < -0.3 is 14.2 Å². The highest BCUT2D eigenvalue weighted by molar-refractivity contribution is 5.71. The molecule has 0 aliphatic rings. The molecule has 370 valence electrons. The van der Waals surface area contributed by atoms with Crippen LogP contribution in [0.3, 0.4) is 0 Å². The van der Waals surface area contributed by atoms with E-state index in [9.17, 15) is 14.4 Å². The minimum Gasteiger partial charge on any atom is -0.462 e. The number of carbonyl (C=O) groups is 3. The molecule has 0 aromatic rings. The molecule has 64 heavy (non-hydrogen) atoms. The number of ether oxygens (including phenoxy) is 3. The van der Waals surface area contributed by atoms with Crippen molar-refractivity contribution in [2.45, 2.75) is 277 Å². The van der Waals surface area contributed by atoms with Crippen LogP contribution in [-0.4, -0.2) is 37.2 Å². The molecule has 0 saturated heterocycles. The van der Waals surface area contributed by atoms with Gasteiger partial charge in [-0.1, -0.05) is 229 Å². The minimum absolute atomic E-state index is 0.0817. The van der Waals surface area contributed by atoms with Gasteiger partial charge in [-0.05, 0) is 83.5 Å². The third kappa shape index (κ3) is 50.1. The van der Waals surface area contributed by atoms with Crippen LogP contribution in [0.4, 0.5) is 0 Å². The number of esters is 3. The van der Waals surface area contributed by atoms with E-state index in [4.69, 9.17) is 14.2 Å². The fourth-order valence-electron chi connectivity index (χ4n) is 7.66. The summed E-state index contributed by atoms with van der Waals surface area (Å²) in [6.45, 7) is 6.50. The molecule has 0 rings (SSSR count). The van der Waals surface area contributed by atoms with Gasteiger partial charge in [0.2, 0.25) is 0 Å². The lowest BCUT2D eigenvalue weighted by Crippen LogP contribution is -2.30. The second-order valence-corrected chi connectivity index (χ2v) is 18.1. The Labute approximate surface area is 396 Å². The van der Waals surface area contributed by atoms with Crippen LogP contribution in [-0.2, 0) is 28.6 Å². The smallest absolute Gasteiger partial charge is 0.306 e. The van der Waals surface area contributed by atoms with Crippen LogP contribution in [0.1, 0.15) is 271 Å². The Bertz CT molecular complexity index is 1170. The first-order chi connectivity index (χ1) is 31.5. The first kappa shape index (κ1) is 61.1. The molecule has 0 heterocycles. The summed E-state index contributed by atoms with van der Waals surface area (Å²) in [5.41, 5.74) is 0. The number of carbonyl (C=O) groups excluding carboxylic acids is 3. The molecule has 0 bridgehead atoms. The molecule has 0 aliphatic heterocycles. The maximum Gasteiger partial charge on any atom is 0.306 e. The molecule has 0 aromatic heterocycles. The third-order valence-electron chi connectivity index (χ3n) is 11.8. The largest absolute Gasteiger partial charge is 0.462 e. The van der Waals surface area contributed by atoms with E-state index in [1.54, 1.807) is 0 Å². The molecule has 0 aliphatic carbocycles. The molecular weight excluding hydrogens is 793 g/mol. The van der Waals surface area contributed by atoms with Crippen molar-refractivity contribution >= 4 is 17.9 Å². The summed E-state index contributed by atoms with van der Waals surface area (Å²) < 4.78 is 16.8. The van der Waals surface area contributed by atoms with Gasteiger partial charge in [0.1, 0.15) is 13.2 Å². The molecular formula is C58H102O6. The van der Waals surface area contributed by atoms with Crippen molar-refractivity contribution < 1.29 is 28.6 Å². The highest BCUT2D eigenvalue weighted by atomic mass is 16.6. The average Bonchev–Trinajstić information content (AvgIpc) is 3.29. The fourth-order valence-corrected chi connectivity index (χ4v) is 7.66. The predicted molar refractivity (Wildman–Crippen MR) is 275 cm³/mol. The Morgan fingerprint density at radius 2 is 0.609 bits per heavy atom. The quantitative estimate of drug-likeness (QED) is 0.0262. The zero-order chi connectivity index (χ0) is 46.5. The second kappa shape index (κ2) is 52.7. The third-order valence-corrected chi connectivity index (χ3v) is 11.8. The van der Waals surface area contributed by atoms with Crippen molar-refractivity contribution in [1.29, 1.82) is 0 Å². The molecule has 1 atom stereocenters. The summed E-state index contributed by atoms with van der Waals surface area (Å²) in [5.74, 6) is -0.898. The van der Waals surface area contributed by atoms with Crippen molar-refractivity contribution in [2.75, 3.05) is 13.2 Å². The van der Waals surface area contributed by atoms with E-state index in [2.05, 4.69) is 81.5 Å². The highest BCUT2D eigenvalue weighted by Crippen LogP contribution is 2.15. The molecule has 0 aromatic carbocycles. The fraction of sp³-hybridized carbons (Fsp3) is 0.776.